The summed E-state index contributed by atoms with van der Waals surface area (Å²) in [5.41, 5.74) is 7.17. The molecule has 1 fully saturated rings. The molecule has 0 spiro atoms. The number of hydrogen-bond donors (Lipinski definition) is 3. The van der Waals surface area contributed by atoms with Gasteiger partial charge in [0.15, 0.2) is 11.5 Å². The van der Waals surface area contributed by atoms with Gasteiger partial charge in [-0.2, -0.15) is 5.26 Å². The molecule has 4 N–H and O–H groups in total. The second-order valence-electron chi connectivity index (χ2n) is 6.93. The molecule has 0 saturated carbocycles. The Labute approximate surface area is 161 Å². The minimum Gasteiger partial charge on any atom is -0.365 e. The van der Waals surface area contributed by atoms with E-state index in [1.165, 1.54) is 0 Å². The standard InChI is InChI=1S/C19H20N8O/c20-11-19(3-7-23-8-4-19)12-24-17-18-26-15(16(21)28)10-27(18)9-14(25-17)13-1-5-22-6-2-13/h1-2,5-6,9-10,23H,3-4,7-8,12H2,(H2,21,28)(H,24,25). The van der Waals surface area contributed by atoms with Gasteiger partial charge in [-0.05, 0) is 38.1 Å². The average molecular weight is 376 g/mol. The molecule has 1 aliphatic rings. The summed E-state index contributed by atoms with van der Waals surface area (Å²) in [5, 5.41) is 16.3. The summed E-state index contributed by atoms with van der Waals surface area (Å²) >= 11 is 0. The lowest BCUT2D eigenvalue weighted by molar-refractivity contribution is 0.0996. The highest BCUT2D eigenvalue weighted by Crippen LogP contribution is 2.29. The minimum atomic E-state index is -0.605. The van der Waals surface area contributed by atoms with Crippen molar-refractivity contribution in [1.29, 1.82) is 5.26 Å². The van der Waals surface area contributed by atoms with E-state index in [9.17, 15) is 10.1 Å². The first kappa shape index (κ1) is 17.9. The lowest BCUT2D eigenvalue weighted by Crippen LogP contribution is -2.40. The van der Waals surface area contributed by atoms with Crippen molar-refractivity contribution < 1.29 is 4.79 Å². The summed E-state index contributed by atoms with van der Waals surface area (Å²) in [7, 11) is 0. The summed E-state index contributed by atoms with van der Waals surface area (Å²) in [5.74, 6) is -0.0954. The van der Waals surface area contributed by atoms with Gasteiger partial charge in [0.05, 0.1) is 17.2 Å². The fourth-order valence-corrected chi connectivity index (χ4v) is 3.38. The van der Waals surface area contributed by atoms with Crippen LogP contribution in [0, 0.1) is 16.7 Å². The van der Waals surface area contributed by atoms with Crippen LogP contribution in [0.5, 0.6) is 0 Å². The quantitative estimate of drug-likeness (QED) is 0.609. The number of imidazole rings is 1. The van der Waals surface area contributed by atoms with Crippen LogP contribution in [0.25, 0.3) is 16.9 Å². The first-order valence-corrected chi connectivity index (χ1v) is 9.06. The van der Waals surface area contributed by atoms with Gasteiger partial charge < -0.3 is 20.8 Å². The molecule has 9 nitrogen and oxygen atoms in total. The first-order chi connectivity index (χ1) is 13.6. The van der Waals surface area contributed by atoms with E-state index < -0.39 is 11.3 Å². The zero-order chi connectivity index (χ0) is 19.6. The predicted octanol–water partition coefficient (Wildman–Crippen LogP) is 1.20. The molecule has 3 aromatic rings. The molecule has 4 rings (SSSR count). The molecule has 0 bridgehead atoms. The Bertz CT molecular complexity index is 1050. The van der Waals surface area contributed by atoms with E-state index in [-0.39, 0.29) is 5.69 Å². The molecule has 0 aliphatic carbocycles. The second-order valence-corrected chi connectivity index (χ2v) is 6.93. The number of anilines is 1. The van der Waals surface area contributed by atoms with Gasteiger partial charge in [-0.25, -0.2) is 9.97 Å². The number of carbonyl (C=O) groups is 1. The number of nitrogens with zero attached hydrogens (tertiary/aromatic N) is 5. The molecule has 0 radical (unpaired) electrons. The van der Waals surface area contributed by atoms with Gasteiger partial charge in [0.2, 0.25) is 0 Å². The number of nitrogens with two attached hydrogens (primary N) is 1. The van der Waals surface area contributed by atoms with E-state index in [1.807, 2.05) is 12.1 Å². The van der Waals surface area contributed by atoms with Gasteiger partial charge in [-0.1, -0.05) is 0 Å². The van der Waals surface area contributed by atoms with Crippen LogP contribution in [0.3, 0.4) is 0 Å². The number of amides is 1. The summed E-state index contributed by atoms with van der Waals surface area (Å²) in [4.78, 5) is 24.6. The predicted molar refractivity (Wildman–Crippen MR) is 103 cm³/mol. The largest absolute Gasteiger partial charge is 0.365 e. The molecule has 28 heavy (non-hydrogen) atoms. The lowest BCUT2D eigenvalue weighted by Gasteiger charge is -2.31. The van der Waals surface area contributed by atoms with Crippen molar-refractivity contribution in [3.8, 4) is 17.3 Å². The maximum absolute atomic E-state index is 11.6. The highest BCUT2D eigenvalue weighted by molar-refractivity contribution is 5.92. The lowest BCUT2D eigenvalue weighted by atomic mass is 9.80. The number of pyridine rings is 1. The maximum Gasteiger partial charge on any atom is 0.268 e. The molecule has 1 amide bonds. The van der Waals surface area contributed by atoms with Crippen molar-refractivity contribution in [1.82, 2.24) is 24.7 Å². The maximum atomic E-state index is 11.6. The van der Waals surface area contributed by atoms with E-state index >= 15 is 0 Å². The first-order valence-electron chi connectivity index (χ1n) is 9.06. The molecular weight excluding hydrogens is 356 g/mol. The SMILES string of the molecule is N#CC1(CNc2nc(-c3ccncc3)cn3cc(C(N)=O)nc23)CCNCC1. The van der Waals surface area contributed by atoms with E-state index in [2.05, 4.69) is 26.7 Å². The van der Waals surface area contributed by atoms with E-state index in [0.717, 1.165) is 31.5 Å². The van der Waals surface area contributed by atoms with Crippen LogP contribution in [0.1, 0.15) is 23.3 Å². The monoisotopic (exact) mass is 376 g/mol. The normalized spacial score (nSPS) is 15.8. The number of fused-ring (bicyclic) bond motifs is 1. The topological polar surface area (TPSA) is 134 Å². The van der Waals surface area contributed by atoms with Crippen molar-refractivity contribution in [3.05, 3.63) is 42.6 Å². The summed E-state index contributed by atoms with van der Waals surface area (Å²) < 4.78 is 1.73. The Morgan fingerprint density at radius 1 is 1.29 bits per heavy atom. The zero-order valence-corrected chi connectivity index (χ0v) is 15.2. The molecule has 0 atom stereocenters. The Morgan fingerprint density at radius 2 is 2.04 bits per heavy atom. The molecule has 9 heteroatoms. The third kappa shape index (κ3) is 3.37. The molecular formula is C19H20N8O. The minimum absolute atomic E-state index is 0.161. The van der Waals surface area contributed by atoms with Crippen LogP contribution in [0.2, 0.25) is 0 Å². The fraction of sp³-hybridized carbons (Fsp3) is 0.316. The zero-order valence-electron chi connectivity index (χ0n) is 15.2. The Morgan fingerprint density at radius 3 is 2.71 bits per heavy atom. The fourth-order valence-electron chi connectivity index (χ4n) is 3.38. The van der Waals surface area contributed by atoms with E-state index in [4.69, 9.17) is 10.7 Å². The second kappa shape index (κ2) is 7.25. The molecule has 0 aromatic carbocycles. The number of aromatic nitrogens is 4. The Kier molecular flexibility index (Phi) is 4.63. The van der Waals surface area contributed by atoms with Crippen LogP contribution in [-0.4, -0.2) is 44.9 Å². The molecule has 0 unspecified atom stereocenters. The van der Waals surface area contributed by atoms with Crippen LogP contribution >= 0.6 is 0 Å². The van der Waals surface area contributed by atoms with Crippen LogP contribution in [-0.2, 0) is 0 Å². The van der Waals surface area contributed by atoms with Crippen molar-refractivity contribution in [2.45, 2.75) is 12.8 Å². The highest BCUT2D eigenvalue weighted by Gasteiger charge is 2.32. The number of nitrogens with one attached hydrogen (secondary N) is 2. The third-order valence-corrected chi connectivity index (χ3v) is 5.06. The van der Waals surface area contributed by atoms with Crippen molar-refractivity contribution in [3.63, 3.8) is 0 Å². The number of primary amides is 1. The number of nitriles is 1. The number of rotatable bonds is 5. The average Bonchev–Trinajstić information content (AvgIpc) is 3.18. The van der Waals surface area contributed by atoms with Crippen LogP contribution in [0.15, 0.2) is 36.9 Å². The summed E-state index contributed by atoms with van der Waals surface area (Å²) in [6.45, 7) is 2.07. The van der Waals surface area contributed by atoms with Crippen molar-refractivity contribution in [2.75, 3.05) is 25.0 Å². The smallest absolute Gasteiger partial charge is 0.268 e. The van der Waals surface area contributed by atoms with Gasteiger partial charge in [0, 0.05) is 36.9 Å². The number of piperidine rings is 1. The summed E-state index contributed by atoms with van der Waals surface area (Å²) in [6.07, 6.45) is 8.28. The van der Waals surface area contributed by atoms with E-state index in [1.54, 1.807) is 29.2 Å². The highest BCUT2D eigenvalue weighted by atomic mass is 16.1. The van der Waals surface area contributed by atoms with Crippen LogP contribution in [0.4, 0.5) is 5.82 Å². The number of hydrogen-bond acceptors (Lipinski definition) is 7. The van der Waals surface area contributed by atoms with Gasteiger partial charge in [-0.15, -0.1) is 0 Å². The third-order valence-electron chi connectivity index (χ3n) is 5.06. The molecule has 3 aromatic heterocycles. The van der Waals surface area contributed by atoms with Gasteiger partial charge in [-0.3, -0.25) is 9.78 Å². The Hall–Kier alpha value is -3.51. The number of carbonyl (C=O) groups excluding carboxylic acids is 1. The molecule has 1 aliphatic heterocycles. The molecule has 142 valence electrons. The van der Waals surface area contributed by atoms with E-state index in [0.29, 0.717) is 23.7 Å². The Balaban J connectivity index is 1.74. The molecule has 1 saturated heterocycles. The van der Waals surface area contributed by atoms with Crippen molar-refractivity contribution >= 4 is 17.4 Å². The van der Waals surface area contributed by atoms with Gasteiger partial charge >= 0.3 is 0 Å². The van der Waals surface area contributed by atoms with Gasteiger partial charge in [0.1, 0.15) is 5.69 Å². The molecule has 4 heterocycles. The summed E-state index contributed by atoms with van der Waals surface area (Å²) in [6, 6.07) is 6.17. The van der Waals surface area contributed by atoms with Gasteiger partial charge in [0.25, 0.3) is 5.91 Å². The van der Waals surface area contributed by atoms with Crippen molar-refractivity contribution in [2.24, 2.45) is 11.1 Å². The van der Waals surface area contributed by atoms with Crippen LogP contribution < -0.4 is 16.4 Å².